The van der Waals surface area contributed by atoms with E-state index in [1.807, 2.05) is 25.2 Å². The molecule has 1 aliphatic carbocycles. The molecular formula is C15H18ClN3O. The van der Waals surface area contributed by atoms with Gasteiger partial charge >= 0.3 is 0 Å². The molecule has 1 saturated carbocycles. The average Bonchev–Trinajstić information content (AvgIpc) is 3.07. The molecule has 0 radical (unpaired) electrons. The van der Waals surface area contributed by atoms with E-state index in [9.17, 15) is 5.11 Å². The first-order chi connectivity index (χ1) is 9.66. The Hall–Kier alpha value is -1.39. The lowest BCUT2D eigenvalue weighted by Crippen LogP contribution is -2.08. The molecule has 1 fully saturated rings. The predicted octanol–water partition coefficient (Wildman–Crippen LogP) is 3.21. The fourth-order valence-corrected chi connectivity index (χ4v) is 3.09. The number of nitrogens with zero attached hydrogens (tertiary/aromatic N) is 3. The van der Waals surface area contributed by atoms with Gasteiger partial charge in [0.25, 0.3) is 0 Å². The van der Waals surface area contributed by atoms with E-state index in [1.54, 1.807) is 10.7 Å². The Morgan fingerprint density at radius 2 is 2.00 bits per heavy atom. The number of aliphatic hydroxyl groups is 1. The fraction of sp³-hybridized carbons (Fsp3) is 0.467. The maximum atomic E-state index is 10.5. The van der Waals surface area contributed by atoms with Gasteiger partial charge in [-0.2, -0.15) is 5.10 Å². The average molecular weight is 292 g/mol. The molecule has 20 heavy (non-hydrogen) atoms. The zero-order valence-electron chi connectivity index (χ0n) is 11.5. The van der Waals surface area contributed by atoms with Gasteiger partial charge in [-0.15, -0.1) is 0 Å². The number of benzene rings is 1. The minimum Gasteiger partial charge on any atom is -0.380 e. The van der Waals surface area contributed by atoms with Gasteiger partial charge in [0.2, 0.25) is 0 Å². The van der Waals surface area contributed by atoms with Crippen molar-refractivity contribution in [1.29, 1.82) is 0 Å². The molecule has 5 heteroatoms. The number of aliphatic hydroxyl groups excluding tert-OH is 1. The summed E-state index contributed by atoms with van der Waals surface area (Å²) in [5, 5.41) is 15.5. The van der Waals surface area contributed by atoms with E-state index < -0.39 is 6.10 Å². The number of aromatic nitrogens is 3. The van der Waals surface area contributed by atoms with Gasteiger partial charge in [-0.3, -0.25) is 4.68 Å². The third-order valence-electron chi connectivity index (χ3n) is 3.98. The van der Waals surface area contributed by atoms with Crippen LogP contribution < -0.4 is 0 Å². The molecule has 1 aliphatic rings. The second-order valence-electron chi connectivity index (χ2n) is 5.36. The van der Waals surface area contributed by atoms with Gasteiger partial charge in [0.15, 0.2) is 11.6 Å². The van der Waals surface area contributed by atoms with Gasteiger partial charge in [0.1, 0.15) is 6.10 Å². The van der Waals surface area contributed by atoms with Crippen LogP contribution in [-0.2, 0) is 7.05 Å². The van der Waals surface area contributed by atoms with Crippen LogP contribution in [0.4, 0.5) is 0 Å². The summed E-state index contributed by atoms with van der Waals surface area (Å²) in [6, 6.07) is 7.29. The van der Waals surface area contributed by atoms with E-state index in [0.29, 0.717) is 22.3 Å². The van der Waals surface area contributed by atoms with Crippen LogP contribution in [0.15, 0.2) is 24.3 Å². The van der Waals surface area contributed by atoms with Crippen LogP contribution in [0.2, 0.25) is 5.02 Å². The maximum absolute atomic E-state index is 10.5. The summed E-state index contributed by atoms with van der Waals surface area (Å²) in [5.74, 6) is 1.85. The molecule has 0 bridgehead atoms. The van der Waals surface area contributed by atoms with E-state index in [1.165, 1.54) is 12.8 Å². The number of hydrogen-bond acceptors (Lipinski definition) is 3. The first-order valence-electron chi connectivity index (χ1n) is 7.00. The lowest BCUT2D eigenvalue weighted by Gasteiger charge is -2.11. The van der Waals surface area contributed by atoms with Crippen LogP contribution in [0.3, 0.4) is 0 Å². The number of aryl methyl sites for hydroxylation is 1. The zero-order chi connectivity index (χ0) is 14.1. The molecule has 3 rings (SSSR count). The third-order valence-corrected chi connectivity index (χ3v) is 4.32. The van der Waals surface area contributed by atoms with Crippen molar-refractivity contribution in [2.45, 2.75) is 37.7 Å². The first kappa shape index (κ1) is 13.6. The van der Waals surface area contributed by atoms with Crippen molar-refractivity contribution in [2.24, 2.45) is 7.05 Å². The summed E-state index contributed by atoms with van der Waals surface area (Å²) in [7, 11) is 1.82. The summed E-state index contributed by atoms with van der Waals surface area (Å²) >= 11 is 6.14. The van der Waals surface area contributed by atoms with Gasteiger partial charge < -0.3 is 5.11 Å². The normalized spacial score (nSPS) is 17.6. The quantitative estimate of drug-likeness (QED) is 0.945. The highest BCUT2D eigenvalue weighted by atomic mass is 35.5. The highest BCUT2D eigenvalue weighted by molar-refractivity contribution is 6.31. The molecule has 2 aromatic rings. The van der Waals surface area contributed by atoms with Crippen LogP contribution in [0, 0.1) is 0 Å². The van der Waals surface area contributed by atoms with Gasteiger partial charge in [-0.25, -0.2) is 4.98 Å². The number of hydrogen-bond donors (Lipinski definition) is 1. The monoisotopic (exact) mass is 291 g/mol. The van der Waals surface area contributed by atoms with Crippen LogP contribution >= 0.6 is 11.6 Å². The van der Waals surface area contributed by atoms with Gasteiger partial charge in [0, 0.05) is 23.6 Å². The zero-order valence-corrected chi connectivity index (χ0v) is 12.2. The molecule has 1 heterocycles. The Labute approximate surface area is 123 Å². The fourth-order valence-electron chi connectivity index (χ4n) is 2.85. The van der Waals surface area contributed by atoms with Crippen LogP contribution in [-0.4, -0.2) is 19.9 Å². The first-order valence-corrected chi connectivity index (χ1v) is 7.38. The summed E-state index contributed by atoms with van der Waals surface area (Å²) < 4.78 is 1.67. The summed E-state index contributed by atoms with van der Waals surface area (Å²) in [6.45, 7) is 0. The molecule has 4 nitrogen and oxygen atoms in total. The largest absolute Gasteiger partial charge is 0.380 e. The summed E-state index contributed by atoms with van der Waals surface area (Å²) in [4.78, 5) is 4.55. The molecule has 106 valence electrons. The smallest absolute Gasteiger partial charge is 0.160 e. The second-order valence-corrected chi connectivity index (χ2v) is 5.76. The predicted molar refractivity (Wildman–Crippen MR) is 77.7 cm³/mol. The number of halogens is 1. The highest BCUT2D eigenvalue weighted by Crippen LogP contribution is 2.33. The Morgan fingerprint density at radius 1 is 1.30 bits per heavy atom. The number of rotatable bonds is 3. The standard InChI is InChI=1S/C15H18ClN3O/c1-19-15(13(20)11-8-4-5-9-12(11)16)17-14(18-19)10-6-2-3-7-10/h4-5,8-10,13,20H,2-3,6-7H2,1H3. The maximum Gasteiger partial charge on any atom is 0.160 e. The minimum atomic E-state index is -0.837. The van der Waals surface area contributed by atoms with E-state index in [-0.39, 0.29) is 0 Å². The molecule has 1 atom stereocenters. The molecule has 0 spiro atoms. The summed E-state index contributed by atoms with van der Waals surface area (Å²) in [6.07, 6.45) is 3.94. The van der Waals surface area contributed by atoms with Crippen molar-refractivity contribution in [3.8, 4) is 0 Å². The second kappa shape index (κ2) is 5.54. The molecule has 1 N–H and O–H groups in total. The van der Waals surface area contributed by atoms with Crippen molar-refractivity contribution in [3.63, 3.8) is 0 Å². The Bertz CT molecular complexity index is 605. The van der Waals surface area contributed by atoms with Crippen LogP contribution in [0.1, 0.15) is 54.9 Å². The van der Waals surface area contributed by atoms with Crippen molar-refractivity contribution in [2.75, 3.05) is 0 Å². The molecule has 0 amide bonds. The van der Waals surface area contributed by atoms with Crippen molar-refractivity contribution >= 4 is 11.6 Å². The topological polar surface area (TPSA) is 50.9 Å². The SMILES string of the molecule is Cn1nc(C2CCCC2)nc1C(O)c1ccccc1Cl. The van der Waals surface area contributed by atoms with E-state index in [2.05, 4.69) is 10.1 Å². The molecule has 1 aromatic heterocycles. The van der Waals surface area contributed by atoms with Crippen LogP contribution in [0.25, 0.3) is 0 Å². The van der Waals surface area contributed by atoms with Gasteiger partial charge in [-0.05, 0) is 18.9 Å². The van der Waals surface area contributed by atoms with Crippen molar-refractivity contribution < 1.29 is 5.11 Å². The molecule has 1 aromatic carbocycles. The lowest BCUT2D eigenvalue weighted by atomic mass is 10.1. The summed E-state index contributed by atoms with van der Waals surface area (Å²) in [5.41, 5.74) is 0.669. The molecule has 1 unspecified atom stereocenters. The molecule has 0 aliphatic heterocycles. The van der Waals surface area contributed by atoms with Gasteiger partial charge in [0.05, 0.1) is 0 Å². The van der Waals surface area contributed by atoms with E-state index in [4.69, 9.17) is 11.6 Å². The van der Waals surface area contributed by atoms with E-state index >= 15 is 0 Å². The Balaban J connectivity index is 1.92. The van der Waals surface area contributed by atoms with Crippen molar-refractivity contribution in [3.05, 3.63) is 46.5 Å². The molecule has 0 saturated heterocycles. The Morgan fingerprint density at radius 3 is 2.70 bits per heavy atom. The Kier molecular flexibility index (Phi) is 3.76. The van der Waals surface area contributed by atoms with E-state index in [0.717, 1.165) is 18.7 Å². The third kappa shape index (κ3) is 2.45. The van der Waals surface area contributed by atoms with Gasteiger partial charge in [-0.1, -0.05) is 42.6 Å². The molecular weight excluding hydrogens is 274 g/mol. The minimum absolute atomic E-state index is 0.438. The van der Waals surface area contributed by atoms with Crippen LogP contribution in [0.5, 0.6) is 0 Å². The van der Waals surface area contributed by atoms with Crippen molar-refractivity contribution in [1.82, 2.24) is 14.8 Å². The highest BCUT2D eigenvalue weighted by Gasteiger charge is 2.25. The lowest BCUT2D eigenvalue weighted by molar-refractivity contribution is 0.204.